The number of rotatable bonds is 6. The molecule has 0 saturated heterocycles. The Morgan fingerprint density at radius 2 is 2.11 bits per heavy atom. The van der Waals surface area contributed by atoms with Gasteiger partial charge in [-0.3, -0.25) is 9.36 Å². The molecule has 0 aliphatic heterocycles. The van der Waals surface area contributed by atoms with Gasteiger partial charge in [0.1, 0.15) is 23.5 Å². The van der Waals surface area contributed by atoms with Crippen LogP contribution in [-0.2, 0) is 18.8 Å². The number of nitriles is 1. The first-order valence-electron chi connectivity index (χ1n) is 8.66. The third-order valence-electron chi connectivity index (χ3n) is 4.34. The molecule has 0 fully saturated rings. The molecule has 0 aliphatic rings. The molecular formula is C19H16N6OS2. The van der Waals surface area contributed by atoms with Crippen LogP contribution in [0.15, 0.2) is 52.0 Å². The highest BCUT2D eigenvalue weighted by atomic mass is 32.2. The Morgan fingerprint density at radius 3 is 2.86 bits per heavy atom. The van der Waals surface area contributed by atoms with Gasteiger partial charge in [-0.2, -0.15) is 5.26 Å². The SMILES string of the molecule is CCn1cnnc1SCc1nc2scc(-c3ccccc3)c2c(=O)n1CC#N. The quantitative estimate of drug-likeness (QED) is 0.453. The molecule has 9 heteroatoms. The van der Waals surface area contributed by atoms with Crippen LogP contribution in [0.4, 0.5) is 0 Å². The number of thiophene rings is 1. The lowest BCUT2D eigenvalue weighted by molar-refractivity contribution is 0.679. The molecule has 0 N–H and O–H groups in total. The van der Waals surface area contributed by atoms with Gasteiger partial charge in [0.05, 0.1) is 17.2 Å². The standard InChI is InChI=1S/C19H16N6OS2/c1-2-24-12-21-23-19(24)28-11-15-22-17-16(18(26)25(15)9-8-20)14(10-27-17)13-6-4-3-5-7-13/h3-7,10,12H,2,9,11H2,1H3. The van der Waals surface area contributed by atoms with Crippen LogP contribution in [0, 0.1) is 11.3 Å². The van der Waals surface area contributed by atoms with Crippen molar-refractivity contribution in [3.8, 4) is 17.2 Å². The van der Waals surface area contributed by atoms with E-state index in [1.807, 2.05) is 47.2 Å². The minimum Gasteiger partial charge on any atom is -0.309 e. The van der Waals surface area contributed by atoms with E-state index in [1.165, 1.54) is 27.7 Å². The van der Waals surface area contributed by atoms with Crippen LogP contribution in [0.25, 0.3) is 21.3 Å². The minimum absolute atomic E-state index is 0.0395. The summed E-state index contributed by atoms with van der Waals surface area (Å²) in [4.78, 5) is 18.6. The Kier molecular flexibility index (Phi) is 5.23. The average Bonchev–Trinajstić information content (AvgIpc) is 3.36. The average molecular weight is 409 g/mol. The molecule has 3 heterocycles. The lowest BCUT2D eigenvalue weighted by Crippen LogP contribution is -2.24. The van der Waals surface area contributed by atoms with Crippen LogP contribution in [0.3, 0.4) is 0 Å². The van der Waals surface area contributed by atoms with Crippen molar-refractivity contribution >= 4 is 33.3 Å². The van der Waals surface area contributed by atoms with Crippen molar-refractivity contribution in [1.29, 1.82) is 5.26 Å². The van der Waals surface area contributed by atoms with E-state index in [4.69, 9.17) is 4.98 Å². The van der Waals surface area contributed by atoms with Gasteiger partial charge in [-0.1, -0.05) is 42.1 Å². The van der Waals surface area contributed by atoms with Crippen LogP contribution in [0.5, 0.6) is 0 Å². The van der Waals surface area contributed by atoms with Gasteiger partial charge in [0.15, 0.2) is 5.16 Å². The maximum atomic E-state index is 13.2. The number of thioether (sulfide) groups is 1. The molecule has 0 atom stereocenters. The molecule has 4 aromatic rings. The smallest absolute Gasteiger partial charge is 0.263 e. The van der Waals surface area contributed by atoms with Crippen molar-refractivity contribution in [2.24, 2.45) is 0 Å². The second kappa shape index (κ2) is 7.96. The van der Waals surface area contributed by atoms with Crippen LogP contribution in [0.2, 0.25) is 0 Å². The number of hydrogen-bond donors (Lipinski definition) is 0. The van der Waals surface area contributed by atoms with Crippen molar-refractivity contribution < 1.29 is 0 Å². The summed E-state index contributed by atoms with van der Waals surface area (Å²) in [7, 11) is 0. The summed E-state index contributed by atoms with van der Waals surface area (Å²) in [5, 5.41) is 20.6. The van der Waals surface area contributed by atoms with E-state index in [0.29, 0.717) is 21.8 Å². The zero-order valence-electron chi connectivity index (χ0n) is 15.1. The molecule has 4 rings (SSSR count). The first kappa shape index (κ1) is 18.4. The second-order valence-electron chi connectivity index (χ2n) is 5.96. The van der Waals surface area contributed by atoms with E-state index in [0.717, 1.165) is 22.8 Å². The third kappa shape index (κ3) is 3.32. The van der Waals surface area contributed by atoms with Crippen LogP contribution in [0.1, 0.15) is 12.7 Å². The Bertz CT molecular complexity index is 1220. The summed E-state index contributed by atoms with van der Waals surface area (Å²) < 4.78 is 3.38. The molecule has 28 heavy (non-hydrogen) atoms. The summed E-state index contributed by atoms with van der Waals surface area (Å²) in [6, 6.07) is 11.8. The van der Waals surface area contributed by atoms with Gasteiger partial charge >= 0.3 is 0 Å². The normalized spacial score (nSPS) is 11.0. The lowest BCUT2D eigenvalue weighted by Gasteiger charge is -2.10. The minimum atomic E-state index is -0.181. The van der Waals surface area contributed by atoms with Gasteiger partial charge in [-0.25, -0.2) is 4.98 Å². The van der Waals surface area contributed by atoms with E-state index >= 15 is 0 Å². The van der Waals surface area contributed by atoms with E-state index in [2.05, 4.69) is 16.3 Å². The summed E-state index contributed by atoms with van der Waals surface area (Å²) in [6.07, 6.45) is 1.67. The predicted octanol–water partition coefficient (Wildman–Crippen LogP) is 3.55. The summed E-state index contributed by atoms with van der Waals surface area (Å²) >= 11 is 2.90. The first-order chi connectivity index (χ1) is 13.7. The highest BCUT2D eigenvalue weighted by Crippen LogP contribution is 2.31. The van der Waals surface area contributed by atoms with Crippen molar-refractivity contribution in [3.05, 3.63) is 58.2 Å². The van der Waals surface area contributed by atoms with Gasteiger partial charge in [-0.05, 0) is 12.5 Å². The highest BCUT2D eigenvalue weighted by Gasteiger charge is 2.17. The van der Waals surface area contributed by atoms with E-state index in [-0.39, 0.29) is 12.1 Å². The van der Waals surface area contributed by atoms with Crippen LogP contribution in [-0.4, -0.2) is 24.3 Å². The fraction of sp³-hybridized carbons (Fsp3) is 0.211. The van der Waals surface area contributed by atoms with Gasteiger partial charge in [0.25, 0.3) is 5.56 Å². The van der Waals surface area contributed by atoms with E-state index in [9.17, 15) is 10.1 Å². The molecule has 0 bridgehead atoms. The van der Waals surface area contributed by atoms with Gasteiger partial charge in [0, 0.05) is 17.5 Å². The summed E-state index contributed by atoms with van der Waals surface area (Å²) in [6.45, 7) is 2.74. The predicted molar refractivity (Wildman–Crippen MR) is 110 cm³/mol. The molecule has 0 aliphatic carbocycles. The molecular weight excluding hydrogens is 392 g/mol. The molecule has 0 saturated carbocycles. The second-order valence-corrected chi connectivity index (χ2v) is 7.76. The fourth-order valence-electron chi connectivity index (χ4n) is 2.94. The van der Waals surface area contributed by atoms with Gasteiger partial charge in [-0.15, -0.1) is 21.5 Å². The Balaban J connectivity index is 1.78. The van der Waals surface area contributed by atoms with Gasteiger partial charge in [0.2, 0.25) is 0 Å². The van der Waals surface area contributed by atoms with Crippen molar-refractivity contribution in [2.45, 2.75) is 30.9 Å². The van der Waals surface area contributed by atoms with Crippen molar-refractivity contribution in [2.75, 3.05) is 0 Å². The number of benzene rings is 1. The Labute approximate surface area is 169 Å². The summed E-state index contributed by atoms with van der Waals surface area (Å²) in [5.74, 6) is 1.00. The van der Waals surface area contributed by atoms with Crippen LogP contribution < -0.4 is 5.56 Å². The molecule has 7 nitrogen and oxygen atoms in total. The highest BCUT2D eigenvalue weighted by molar-refractivity contribution is 7.98. The number of hydrogen-bond acceptors (Lipinski definition) is 7. The number of aromatic nitrogens is 5. The van der Waals surface area contributed by atoms with E-state index in [1.54, 1.807) is 6.33 Å². The zero-order chi connectivity index (χ0) is 19.5. The topological polar surface area (TPSA) is 89.4 Å². The molecule has 0 amide bonds. The molecule has 140 valence electrons. The number of aryl methyl sites for hydroxylation is 1. The number of nitrogens with zero attached hydrogens (tertiary/aromatic N) is 6. The maximum Gasteiger partial charge on any atom is 0.263 e. The molecule has 0 unspecified atom stereocenters. The molecule has 0 spiro atoms. The largest absolute Gasteiger partial charge is 0.309 e. The fourth-order valence-corrected chi connectivity index (χ4v) is 4.82. The van der Waals surface area contributed by atoms with Gasteiger partial charge < -0.3 is 4.57 Å². The van der Waals surface area contributed by atoms with E-state index < -0.39 is 0 Å². The van der Waals surface area contributed by atoms with Crippen molar-refractivity contribution in [3.63, 3.8) is 0 Å². The maximum absolute atomic E-state index is 13.2. The third-order valence-corrected chi connectivity index (χ3v) is 6.19. The van der Waals surface area contributed by atoms with Crippen LogP contribution >= 0.6 is 23.1 Å². The zero-order valence-corrected chi connectivity index (χ0v) is 16.7. The lowest BCUT2D eigenvalue weighted by atomic mass is 10.1. The number of fused-ring (bicyclic) bond motifs is 1. The monoisotopic (exact) mass is 408 g/mol. The molecule has 3 aromatic heterocycles. The van der Waals surface area contributed by atoms with Crippen molar-refractivity contribution in [1.82, 2.24) is 24.3 Å². The molecule has 0 radical (unpaired) electrons. The Hall–Kier alpha value is -2.96. The summed E-state index contributed by atoms with van der Waals surface area (Å²) in [5.41, 5.74) is 1.64. The first-order valence-corrected chi connectivity index (χ1v) is 10.5. The molecule has 1 aromatic carbocycles. The Morgan fingerprint density at radius 1 is 1.29 bits per heavy atom.